The van der Waals surface area contributed by atoms with E-state index in [4.69, 9.17) is 9.15 Å². The van der Waals surface area contributed by atoms with Crippen LogP contribution in [0.1, 0.15) is 18.5 Å². The van der Waals surface area contributed by atoms with E-state index in [1.807, 2.05) is 0 Å². The van der Waals surface area contributed by atoms with E-state index in [9.17, 15) is 18.4 Å². The fraction of sp³-hybridized carbons (Fsp3) is 0.211. The van der Waals surface area contributed by atoms with Crippen LogP contribution in [0.25, 0.3) is 11.5 Å². The number of amides is 1. The Morgan fingerprint density at radius 2 is 1.96 bits per heavy atom. The predicted octanol–water partition coefficient (Wildman–Crippen LogP) is 2.67. The van der Waals surface area contributed by atoms with Crippen molar-refractivity contribution in [3.05, 3.63) is 70.2 Å². The summed E-state index contributed by atoms with van der Waals surface area (Å²) < 4.78 is 37.5. The van der Waals surface area contributed by atoms with E-state index in [0.29, 0.717) is 11.1 Å². The summed E-state index contributed by atoms with van der Waals surface area (Å²) in [6.45, 7) is 1.29. The second kappa shape index (κ2) is 8.03. The van der Waals surface area contributed by atoms with Gasteiger partial charge in [-0.1, -0.05) is 6.07 Å². The summed E-state index contributed by atoms with van der Waals surface area (Å²) in [5.41, 5.74) is 0.936. The normalized spacial score (nSPS) is 11.9. The van der Waals surface area contributed by atoms with Crippen molar-refractivity contribution in [2.45, 2.75) is 19.5 Å². The number of hydrogen-bond donors (Lipinski definition) is 1. The lowest BCUT2D eigenvalue weighted by Crippen LogP contribution is -2.33. The summed E-state index contributed by atoms with van der Waals surface area (Å²) in [6, 6.07) is 9.07. The van der Waals surface area contributed by atoms with Crippen LogP contribution in [0.2, 0.25) is 0 Å². The van der Waals surface area contributed by atoms with E-state index < -0.39 is 29.3 Å². The predicted molar refractivity (Wildman–Crippen MR) is 95.7 cm³/mol. The molecule has 0 unspecified atom stereocenters. The van der Waals surface area contributed by atoms with Gasteiger partial charge in [0.05, 0.1) is 13.2 Å². The Bertz CT molecular complexity index is 1040. The Balaban J connectivity index is 1.68. The number of carbonyl (C=O) groups excluding carboxylic acids is 1. The van der Waals surface area contributed by atoms with Gasteiger partial charge in [-0.3, -0.25) is 4.79 Å². The molecule has 0 aliphatic rings. The first-order valence-electron chi connectivity index (χ1n) is 8.34. The highest BCUT2D eigenvalue weighted by atomic mass is 19.1. The van der Waals surface area contributed by atoms with Gasteiger partial charge in [0, 0.05) is 5.56 Å². The quantitative estimate of drug-likeness (QED) is 0.701. The minimum atomic E-state index is -0.822. The number of hydrogen-bond acceptors (Lipinski definition) is 5. The lowest BCUT2D eigenvalue weighted by Gasteiger charge is -2.15. The SMILES string of the molecule is COc1ccc([C@H](C)NC(=O)Cn2nc(-c3ccc(F)cc3)oc2=O)cc1F. The van der Waals surface area contributed by atoms with Crippen LogP contribution in [-0.4, -0.2) is 22.8 Å². The molecular weight excluding hydrogens is 372 g/mol. The number of rotatable bonds is 6. The maximum Gasteiger partial charge on any atom is 0.437 e. The van der Waals surface area contributed by atoms with Crippen LogP contribution in [0, 0.1) is 11.6 Å². The number of carbonyl (C=O) groups is 1. The molecule has 3 aromatic rings. The van der Waals surface area contributed by atoms with Gasteiger partial charge in [0.2, 0.25) is 11.8 Å². The standard InChI is InChI=1S/C19H17F2N3O4/c1-11(13-5-8-16(27-2)15(21)9-13)22-17(25)10-24-19(26)28-18(23-24)12-3-6-14(20)7-4-12/h3-9,11H,10H2,1-2H3,(H,22,25)/t11-/m0/s1. The molecule has 1 N–H and O–H groups in total. The topological polar surface area (TPSA) is 86.4 Å². The number of aromatic nitrogens is 2. The Hall–Kier alpha value is -3.49. The highest BCUT2D eigenvalue weighted by Gasteiger charge is 2.16. The Morgan fingerprint density at radius 3 is 2.61 bits per heavy atom. The van der Waals surface area contributed by atoms with Crippen LogP contribution < -0.4 is 15.8 Å². The van der Waals surface area contributed by atoms with Crippen LogP contribution in [0.3, 0.4) is 0 Å². The first-order valence-corrected chi connectivity index (χ1v) is 8.34. The molecule has 0 radical (unpaired) electrons. The molecule has 9 heteroatoms. The Kier molecular flexibility index (Phi) is 5.53. The summed E-state index contributed by atoms with van der Waals surface area (Å²) in [4.78, 5) is 24.1. The van der Waals surface area contributed by atoms with Crippen LogP contribution in [0.5, 0.6) is 5.75 Å². The molecule has 1 atom stereocenters. The number of benzene rings is 2. The summed E-state index contributed by atoms with van der Waals surface area (Å²) in [5.74, 6) is -2.23. The summed E-state index contributed by atoms with van der Waals surface area (Å²) in [7, 11) is 1.36. The van der Waals surface area contributed by atoms with Crippen molar-refractivity contribution in [3.63, 3.8) is 0 Å². The van der Waals surface area contributed by atoms with Crippen molar-refractivity contribution in [1.29, 1.82) is 0 Å². The van der Waals surface area contributed by atoms with Crippen LogP contribution in [0.15, 0.2) is 51.7 Å². The van der Waals surface area contributed by atoms with Crippen molar-refractivity contribution in [3.8, 4) is 17.2 Å². The van der Waals surface area contributed by atoms with Crippen LogP contribution in [0.4, 0.5) is 8.78 Å². The van der Waals surface area contributed by atoms with Gasteiger partial charge in [-0.05, 0) is 48.9 Å². The highest BCUT2D eigenvalue weighted by molar-refractivity contribution is 5.76. The number of halogens is 2. The van der Waals surface area contributed by atoms with Gasteiger partial charge < -0.3 is 14.5 Å². The average molecular weight is 389 g/mol. The van der Waals surface area contributed by atoms with E-state index in [2.05, 4.69) is 10.4 Å². The van der Waals surface area contributed by atoms with Crippen molar-refractivity contribution >= 4 is 5.91 Å². The van der Waals surface area contributed by atoms with Gasteiger partial charge in [0.15, 0.2) is 11.6 Å². The summed E-state index contributed by atoms with van der Waals surface area (Å²) in [5, 5.41) is 6.60. The third-order valence-electron chi connectivity index (χ3n) is 4.04. The molecule has 146 valence electrons. The molecule has 0 saturated carbocycles. The van der Waals surface area contributed by atoms with E-state index in [1.165, 1.54) is 43.5 Å². The molecule has 0 aliphatic carbocycles. The molecule has 28 heavy (non-hydrogen) atoms. The van der Waals surface area contributed by atoms with Crippen molar-refractivity contribution < 1.29 is 22.7 Å². The third-order valence-corrected chi connectivity index (χ3v) is 4.04. The lowest BCUT2D eigenvalue weighted by molar-refractivity contribution is -0.122. The second-order valence-corrected chi connectivity index (χ2v) is 6.02. The first kappa shape index (κ1) is 19.3. The molecule has 2 aromatic carbocycles. The largest absolute Gasteiger partial charge is 0.494 e. The number of methoxy groups -OCH3 is 1. The fourth-order valence-electron chi connectivity index (χ4n) is 2.57. The van der Waals surface area contributed by atoms with E-state index in [-0.39, 0.29) is 18.2 Å². The van der Waals surface area contributed by atoms with Crippen LogP contribution >= 0.6 is 0 Å². The van der Waals surface area contributed by atoms with Gasteiger partial charge in [-0.15, -0.1) is 5.10 Å². The van der Waals surface area contributed by atoms with E-state index in [0.717, 1.165) is 4.68 Å². The zero-order valence-electron chi connectivity index (χ0n) is 15.1. The molecule has 3 rings (SSSR count). The number of nitrogens with zero attached hydrogens (tertiary/aromatic N) is 2. The average Bonchev–Trinajstić information content (AvgIpc) is 3.02. The molecule has 1 heterocycles. The lowest BCUT2D eigenvalue weighted by atomic mass is 10.1. The molecule has 1 amide bonds. The monoisotopic (exact) mass is 389 g/mol. The molecule has 0 saturated heterocycles. The maximum absolute atomic E-state index is 13.8. The first-order chi connectivity index (χ1) is 13.4. The fourth-order valence-corrected chi connectivity index (χ4v) is 2.57. The minimum absolute atomic E-state index is 0.0249. The molecular formula is C19H17F2N3O4. The highest BCUT2D eigenvalue weighted by Crippen LogP contribution is 2.21. The summed E-state index contributed by atoms with van der Waals surface area (Å²) >= 11 is 0. The van der Waals surface area contributed by atoms with Crippen LogP contribution in [-0.2, 0) is 11.3 Å². The number of ether oxygens (including phenoxy) is 1. The zero-order valence-corrected chi connectivity index (χ0v) is 15.1. The van der Waals surface area contributed by atoms with E-state index in [1.54, 1.807) is 13.0 Å². The Labute approximate surface area is 158 Å². The molecule has 0 bridgehead atoms. The smallest absolute Gasteiger partial charge is 0.437 e. The zero-order chi connectivity index (χ0) is 20.3. The summed E-state index contributed by atoms with van der Waals surface area (Å²) in [6.07, 6.45) is 0. The van der Waals surface area contributed by atoms with Gasteiger partial charge in [0.1, 0.15) is 12.4 Å². The molecule has 0 spiro atoms. The Morgan fingerprint density at radius 1 is 1.25 bits per heavy atom. The van der Waals surface area contributed by atoms with Gasteiger partial charge in [-0.2, -0.15) is 4.68 Å². The second-order valence-electron chi connectivity index (χ2n) is 6.02. The van der Waals surface area contributed by atoms with Gasteiger partial charge in [-0.25, -0.2) is 13.6 Å². The van der Waals surface area contributed by atoms with Crippen molar-refractivity contribution in [1.82, 2.24) is 15.1 Å². The molecule has 7 nitrogen and oxygen atoms in total. The molecule has 0 fully saturated rings. The number of nitrogens with one attached hydrogen (secondary N) is 1. The third kappa shape index (κ3) is 4.25. The minimum Gasteiger partial charge on any atom is -0.494 e. The molecule has 1 aromatic heterocycles. The van der Waals surface area contributed by atoms with Crippen molar-refractivity contribution in [2.75, 3.05) is 7.11 Å². The molecule has 0 aliphatic heterocycles. The van der Waals surface area contributed by atoms with Crippen molar-refractivity contribution in [2.24, 2.45) is 0 Å². The maximum atomic E-state index is 13.8. The van der Waals surface area contributed by atoms with E-state index >= 15 is 0 Å². The van der Waals surface area contributed by atoms with Gasteiger partial charge in [0.25, 0.3) is 0 Å². The van der Waals surface area contributed by atoms with Gasteiger partial charge >= 0.3 is 5.76 Å².